The molecule has 26 heavy (non-hydrogen) atoms. The van der Waals surface area contributed by atoms with Crippen LogP contribution in [0.15, 0.2) is 12.4 Å². The highest BCUT2D eigenvalue weighted by molar-refractivity contribution is 4.86. The van der Waals surface area contributed by atoms with E-state index >= 15 is 0 Å². The molecule has 0 aromatic carbocycles. The Balaban J connectivity index is 2.30. The molecule has 0 aliphatic carbocycles. The minimum Gasteiger partial charge on any atom is -0.234 e. The van der Waals surface area contributed by atoms with Crippen LogP contribution >= 0.6 is 0 Å². The lowest BCUT2D eigenvalue weighted by Gasteiger charge is -2.08. The van der Waals surface area contributed by atoms with E-state index in [0.29, 0.717) is 6.04 Å². The van der Waals surface area contributed by atoms with Crippen molar-refractivity contribution in [2.24, 2.45) is 0 Å². The molecule has 2 heteroatoms. The van der Waals surface area contributed by atoms with Crippen molar-refractivity contribution in [3.63, 3.8) is 0 Å². The molecule has 152 valence electrons. The van der Waals surface area contributed by atoms with Crippen LogP contribution in [0.1, 0.15) is 129 Å². The first kappa shape index (κ1) is 23.2. The monoisotopic (exact) mass is 363 g/mol. The molecule has 0 saturated heterocycles. The van der Waals surface area contributed by atoms with Gasteiger partial charge in [0.25, 0.3) is 5.82 Å². The van der Waals surface area contributed by atoms with E-state index in [9.17, 15) is 0 Å². The SMILES string of the molecule is CCCCCCCCCCCc1n(C(C)C)cc[n+]1CCCCCCC. The molecule has 0 amide bonds. The third-order valence-electron chi connectivity index (χ3n) is 5.60. The zero-order chi connectivity index (χ0) is 19.0. The highest BCUT2D eigenvalue weighted by Crippen LogP contribution is 2.14. The molecule has 0 fully saturated rings. The molecule has 0 radical (unpaired) electrons. The summed E-state index contributed by atoms with van der Waals surface area (Å²) < 4.78 is 5.04. The van der Waals surface area contributed by atoms with E-state index in [2.05, 4.69) is 49.2 Å². The van der Waals surface area contributed by atoms with Gasteiger partial charge in [0.2, 0.25) is 0 Å². The van der Waals surface area contributed by atoms with Gasteiger partial charge < -0.3 is 0 Å². The Hall–Kier alpha value is -0.790. The normalized spacial score (nSPS) is 11.6. The Bertz CT molecular complexity index is 433. The summed E-state index contributed by atoms with van der Waals surface area (Å²) in [6.45, 7) is 10.4. The molecule has 1 aromatic rings. The van der Waals surface area contributed by atoms with Crippen molar-refractivity contribution in [2.45, 2.75) is 137 Å². The van der Waals surface area contributed by atoms with E-state index in [0.717, 1.165) is 0 Å². The van der Waals surface area contributed by atoms with Crippen LogP contribution in [-0.2, 0) is 13.0 Å². The molecule has 0 atom stereocenters. The number of nitrogens with zero attached hydrogens (tertiary/aromatic N) is 2. The second-order valence-electron chi connectivity index (χ2n) is 8.40. The van der Waals surface area contributed by atoms with Crippen molar-refractivity contribution in [1.29, 1.82) is 0 Å². The highest BCUT2D eigenvalue weighted by atomic mass is 15.2. The molecule has 0 bridgehead atoms. The third kappa shape index (κ3) is 9.78. The van der Waals surface area contributed by atoms with Gasteiger partial charge in [-0.05, 0) is 33.1 Å². The summed E-state index contributed by atoms with van der Waals surface area (Å²) in [5.41, 5.74) is 0. The van der Waals surface area contributed by atoms with Gasteiger partial charge >= 0.3 is 0 Å². The zero-order valence-electron chi connectivity index (χ0n) is 18.4. The highest BCUT2D eigenvalue weighted by Gasteiger charge is 2.18. The molecule has 0 aliphatic rings. The number of rotatable bonds is 17. The maximum Gasteiger partial charge on any atom is 0.256 e. The molecule has 0 unspecified atom stereocenters. The smallest absolute Gasteiger partial charge is 0.234 e. The Morgan fingerprint density at radius 1 is 0.731 bits per heavy atom. The first-order valence-corrected chi connectivity index (χ1v) is 11.8. The predicted molar refractivity (Wildman–Crippen MR) is 115 cm³/mol. The fraction of sp³-hybridized carbons (Fsp3) is 0.875. The Morgan fingerprint density at radius 2 is 1.23 bits per heavy atom. The summed E-state index contributed by atoms with van der Waals surface area (Å²) >= 11 is 0. The van der Waals surface area contributed by atoms with Crippen molar-refractivity contribution in [1.82, 2.24) is 4.57 Å². The maximum atomic E-state index is 2.54. The van der Waals surface area contributed by atoms with E-state index in [-0.39, 0.29) is 0 Å². The number of imidazole rings is 1. The largest absolute Gasteiger partial charge is 0.256 e. The lowest BCUT2D eigenvalue weighted by Crippen LogP contribution is -2.37. The molecule has 1 rings (SSSR count). The van der Waals surface area contributed by atoms with Crippen molar-refractivity contribution >= 4 is 0 Å². The standard InChI is InChI=1S/C24H47N2/c1-5-7-9-11-12-13-14-15-17-19-24-25(20-18-16-10-8-6-2)21-22-26(24)23(3)4/h21-23H,5-20H2,1-4H3/q+1. The Morgan fingerprint density at radius 3 is 1.77 bits per heavy atom. The van der Waals surface area contributed by atoms with Gasteiger partial charge in [-0.1, -0.05) is 84.5 Å². The number of aromatic nitrogens is 2. The van der Waals surface area contributed by atoms with Gasteiger partial charge in [0.05, 0.1) is 12.6 Å². The fourth-order valence-corrected chi connectivity index (χ4v) is 3.90. The lowest BCUT2D eigenvalue weighted by molar-refractivity contribution is -0.704. The lowest BCUT2D eigenvalue weighted by atomic mass is 10.1. The van der Waals surface area contributed by atoms with Gasteiger partial charge in [-0.3, -0.25) is 0 Å². The molecule has 1 aromatic heterocycles. The molecular formula is C24H47N2+. The number of unbranched alkanes of at least 4 members (excludes halogenated alkanes) is 12. The molecule has 0 spiro atoms. The first-order chi connectivity index (χ1) is 12.7. The van der Waals surface area contributed by atoms with Crippen LogP contribution in [0, 0.1) is 0 Å². The van der Waals surface area contributed by atoms with Gasteiger partial charge in [-0.15, -0.1) is 0 Å². The van der Waals surface area contributed by atoms with E-state index in [1.807, 2.05) is 0 Å². The zero-order valence-corrected chi connectivity index (χ0v) is 18.4. The van der Waals surface area contributed by atoms with Crippen molar-refractivity contribution in [2.75, 3.05) is 0 Å². The summed E-state index contributed by atoms with van der Waals surface area (Å²) in [5.74, 6) is 1.55. The molecule has 1 heterocycles. The molecule has 0 N–H and O–H groups in total. The summed E-state index contributed by atoms with van der Waals surface area (Å²) in [4.78, 5) is 0. The third-order valence-corrected chi connectivity index (χ3v) is 5.60. The second-order valence-corrected chi connectivity index (χ2v) is 8.40. The van der Waals surface area contributed by atoms with Crippen LogP contribution in [0.25, 0.3) is 0 Å². The topological polar surface area (TPSA) is 8.81 Å². The van der Waals surface area contributed by atoms with Crippen molar-refractivity contribution < 1.29 is 4.57 Å². The number of aryl methyl sites for hydroxylation is 1. The van der Waals surface area contributed by atoms with Crippen LogP contribution in [-0.4, -0.2) is 4.57 Å². The minimum atomic E-state index is 0.574. The number of hydrogen-bond acceptors (Lipinski definition) is 0. The average molecular weight is 364 g/mol. The Labute approximate surface area is 164 Å². The quantitative estimate of drug-likeness (QED) is 0.201. The van der Waals surface area contributed by atoms with Crippen LogP contribution in [0.5, 0.6) is 0 Å². The molecular weight excluding hydrogens is 316 g/mol. The summed E-state index contributed by atoms with van der Waals surface area (Å²) in [6.07, 6.45) is 25.4. The average Bonchev–Trinajstić information content (AvgIpc) is 3.03. The van der Waals surface area contributed by atoms with E-state index in [1.54, 1.807) is 5.82 Å². The molecule has 2 nitrogen and oxygen atoms in total. The van der Waals surface area contributed by atoms with Crippen LogP contribution in [0.2, 0.25) is 0 Å². The maximum absolute atomic E-state index is 2.54. The van der Waals surface area contributed by atoms with Crippen LogP contribution in [0.4, 0.5) is 0 Å². The second kappa shape index (κ2) is 15.3. The molecule has 0 aliphatic heterocycles. The summed E-state index contributed by atoms with van der Waals surface area (Å²) in [5, 5.41) is 0. The van der Waals surface area contributed by atoms with Gasteiger partial charge in [0.15, 0.2) is 0 Å². The summed E-state index contributed by atoms with van der Waals surface area (Å²) in [7, 11) is 0. The van der Waals surface area contributed by atoms with Gasteiger partial charge in [0, 0.05) is 6.42 Å². The van der Waals surface area contributed by atoms with E-state index < -0.39 is 0 Å². The Kier molecular flexibility index (Phi) is 13.7. The van der Waals surface area contributed by atoms with E-state index in [4.69, 9.17) is 0 Å². The van der Waals surface area contributed by atoms with Crippen LogP contribution in [0.3, 0.4) is 0 Å². The van der Waals surface area contributed by atoms with E-state index in [1.165, 1.54) is 103 Å². The summed E-state index contributed by atoms with van der Waals surface area (Å²) in [6, 6.07) is 0.574. The van der Waals surface area contributed by atoms with Gasteiger partial charge in [0.1, 0.15) is 12.4 Å². The van der Waals surface area contributed by atoms with Crippen molar-refractivity contribution in [3.8, 4) is 0 Å². The minimum absolute atomic E-state index is 0.574. The fourth-order valence-electron chi connectivity index (χ4n) is 3.90. The van der Waals surface area contributed by atoms with Gasteiger partial charge in [-0.2, -0.15) is 0 Å². The number of hydrogen-bond donors (Lipinski definition) is 0. The van der Waals surface area contributed by atoms with Crippen LogP contribution < -0.4 is 4.57 Å². The first-order valence-electron chi connectivity index (χ1n) is 11.8. The molecule has 0 saturated carbocycles. The van der Waals surface area contributed by atoms with Crippen molar-refractivity contribution in [3.05, 3.63) is 18.2 Å². The van der Waals surface area contributed by atoms with Gasteiger partial charge in [-0.25, -0.2) is 9.13 Å². The predicted octanol–water partition coefficient (Wildman–Crippen LogP) is 7.40.